The van der Waals surface area contributed by atoms with Gasteiger partial charge in [-0.25, -0.2) is 4.98 Å². The molecule has 3 aromatic rings. The van der Waals surface area contributed by atoms with Crippen molar-refractivity contribution in [2.24, 2.45) is 0 Å². The molecule has 0 amide bonds. The Morgan fingerprint density at radius 1 is 1.24 bits per heavy atom. The van der Waals surface area contributed by atoms with Crippen LogP contribution in [0.4, 0.5) is 0 Å². The number of carboxylic acids is 1. The molecule has 0 N–H and O–H groups in total. The molecule has 2 heterocycles. The third-order valence-corrected chi connectivity index (χ3v) is 4.56. The number of nitrogens with zero attached hydrogens (tertiary/aromatic N) is 1. The number of hydrogen-bond acceptors (Lipinski definition) is 4. The van der Waals surface area contributed by atoms with Crippen LogP contribution in [0.3, 0.4) is 0 Å². The zero-order chi connectivity index (χ0) is 14.3. The predicted octanol–water partition coefficient (Wildman–Crippen LogP) is 0.747. The van der Waals surface area contributed by atoms with Crippen LogP contribution in [0.2, 0.25) is 4.34 Å². The van der Waals surface area contributed by atoms with Crippen molar-refractivity contribution in [2.75, 3.05) is 0 Å². The predicted molar refractivity (Wildman–Crippen MR) is 82.1 cm³/mol. The van der Waals surface area contributed by atoms with Gasteiger partial charge in [0.05, 0.1) is 26.4 Å². The second-order valence-electron chi connectivity index (χ2n) is 4.11. The van der Waals surface area contributed by atoms with Gasteiger partial charge < -0.3 is 9.90 Å². The monoisotopic (exact) mass is 405 g/mol. The zero-order valence-corrected chi connectivity index (χ0v) is 17.2. The van der Waals surface area contributed by atoms with E-state index in [0.29, 0.717) is 20.9 Å². The number of thiophene rings is 1. The Morgan fingerprint density at radius 3 is 2.62 bits per heavy atom. The quantitative estimate of drug-likeness (QED) is 0.590. The van der Waals surface area contributed by atoms with E-state index < -0.39 is 5.97 Å². The number of hydrogen-bond donors (Lipinski definition) is 0. The van der Waals surface area contributed by atoms with Crippen LogP contribution < -0.4 is 56.5 Å². The third-order valence-electron chi connectivity index (χ3n) is 2.82. The summed E-state index contributed by atoms with van der Waals surface area (Å²) in [5, 5.41) is 11.9. The van der Waals surface area contributed by atoms with Crippen molar-refractivity contribution in [2.45, 2.75) is 0 Å². The number of rotatable bonds is 2. The van der Waals surface area contributed by atoms with Crippen molar-refractivity contribution in [1.29, 1.82) is 0 Å². The van der Waals surface area contributed by atoms with Crippen LogP contribution in [-0.4, -0.2) is 11.0 Å². The van der Waals surface area contributed by atoms with Gasteiger partial charge in [-0.2, -0.15) is 0 Å². The SMILES string of the molecule is O=C([O-])c1cc(-c2ccc(Cl)s2)nc2ccc(Br)cc12.[K+]. The summed E-state index contributed by atoms with van der Waals surface area (Å²) in [6.07, 6.45) is 0. The molecule has 0 bridgehead atoms. The molecular weight excluding hydrogens is 401 g/mol. The molecule has 0 saturated heterocycles. The molecule has 0 radical (unpaired) electrons. The summed E-state index contributed by atoms with van der Waals surface area (Å²) in [5.41, 5.74) is 1.31. The van der Waals surface area contributed by atoms with Crippen LogP contribution in [0, 0.1) is 0 Å². The molecule has 1 aromatic carbocycles. The fraction of sp³-hybridized carbons (Fsp3) is 0. The molecule has 3 nitrogen and oxygen atoms in total. The van der Waals surface area contributed by atoms with Gasteiger partial charge in [-0.3, -0.25) is 0 Å². The second-order valence-corrected chi connectivity index (χ2v) is 6.74. The van der Waals surface area contributed by atoms with Crippen LogP contribution in [0.5, 0.6) is 0 Å². The topological polar surface area (TPSA) is 53.0 Å². The third kappa shape index (κ3) is 3.76. The number of carbonyl (C=O) groups excluding carboxylic acids is 1. The molecule has 2 aromatic heterocycles. The van der Waals surface area contributed by atoms with Crippen molar-refractivity contribution in [3.8, 4) is 10.6 Å². The van der Waals surface area contributed by atoms with E-state index in [1.807, 2.05) is 12.1 Å². The Labute approximate surface area is 180 Å². The van der Waals surface area contributed by atoms with Gasteiger partial charge in [-0.05, 0) is 36.4 Å². The first-order valence-corrected chi connectivity index (χ1v) is 7.61. The number of carboxylic acid groups (broad SMARTS) is 1. The van der Waals surface area contributed by atoms with Crippen molar-refractivity contribution in [3.63, 3.8) is 0 Å². The number of halogens is 2. The Kier molecular flexibility index (Phi) is 6.01. The fourth-order valence-corrected chi connectivity index (χ4v) is 3.31. The smallest absolute Gasteiger partial charge is 0.545 e. The van der Waals surface area contributed by atoms with E-state index in [0.717, 1.165) is 9.35 Å². The Balaban J connectivity index is 0.00000161. The second kappa shape index (κ2) is 7.19. The Hall–Kier alpha value is 0.206. The van der Waals surface area contributed by atoms with Gasteiger partial charge in [0.25, 0.3) is 0 Å². The molecule has 0 fully saturated rings. The molecular formula is C14H6BrClKNO2S. The molecule has 0 aliphatic rings. The van der Waals surface area contributed by atoms with Crippen LogP contribution in [-0.2, 0) is 0 Å². The average molecular weight is 407 g/mol. The van der Waals surface area contributed by atoms with Gasteiger partial charge in [-0.15, -0.1) is 11.3 Å². The molecule has 0 spiro atoms. The summed E-state index contributed by atoms with van der Waals surface area (Å²) in [4.78, 5) is 16.6. The van der Waals surface area contributed by atoms with Crippen LogP contribution in [0.15, 0.2) is 40.9 Å². The average Bonchev–Trinajstić information content (AvgIpc) is 2.84. The Morgan fingerprint density at radius 2 is 2.00 bits per heavy atom. The summed E-state index contributed by atoms with van der Waals surface area (Å²) in [5.74, 6) is -1.22. The molecule has 0 aliphatic carbocycles. The number of aromatic nitrogens is 1. The first kappa shape index (κ1) is 17.6. The van der Waals surface area contributed by atoms with E-state index in [1.165, 1.54) is 17.4 Å². The van der Waals surface area contributed by atoms with Crippen LogP contribution in [0.25, 0.3) is 21.5 Å². The number of fused-ring (bicyclic) bond motifs is 1. The molecule has 21 heavy (non-hydrogen) atoms. The minimum atomic E-state index is -1.22. The molecule has 100 valence electrons. The molecule has 0 saturated carbocycles. The van der Waals surface area contributed by atoms with Crippen molar-refractivity contribution < 1.29 is 61.3 Å². The van der Waals surface area contributed by atoms with E-state index in [1.54, 1.807) is 18.2 Å². The van der Waals surface area contributed by atoms with Gasteiger partial charge in [0.2, 0.25) is 0 Å². The first-order valence-electron chi connectivity index (χ1n) is 5.62. The summed E-state index contributed by atoms with van der Waals surface area (Å²) in [6, 6.07) is 10.4. The van der Waals surface area contributed by atoms with Crippen molar-refractivity contribution in [1.82, 2.24) is 4.98 Å². The normalized spacial score (nSPS) is 10.4. The van der Waals surface area contributed by atoms with E-state index in [2.05, 4.69) is 20.9 Å². The van der Waals surface area contributed by atoms with E-state index in [9.17, 15) is 9.90 Å². The maximum absolute atomic E-state index is 11.3. The summed E-state index contributed by atoms with van der Waals surface area (Å²) in [7, 11) is 0. The molecule has 7 heteroatoms. The largest absolute Gasteiger partial charge is 1.00 e. The van der Waals surface area contributed by atoms with Crippen LogP contribution >= 0.6 is 38.9 Å². The van der Waals surface area contributed by atoms with Gasteiger partial charge in [0.1, 0.15) is 0 Å². The molecule has 0 atom stereocenters. The van der Waals surface area contributed by atoms with Crippen molar-refractivity contribution >= 4 is 55.7 Å². The maximum Gasteiger partial charge on any atom is 1.00 e. The van der Waals surface area contributed by atoms with E-state index in [-0.39, 0.29) is 56.9 Å². The molecule has 0 unspecified atom stereocenters. The Bertz CT molecular complexity index is 837. The number of benzene rings is 1. The maximum atomic E-state index is 11.3. The number of pyridine rings is 1. The van der Waals surface area contributed by atoms with Crippen LogP contribution in [0.1, 0.15) is 10.4 Å². The summed E-state index contributed by atoms with van der Waals surface area (Å²) in [6.45, 7) is 0. The van der Waals surface area contributed by atoms with Gasteiger partial charge >= 0.3 is 51.4 Å². The van der Waals surface area contributed by atoms with Gasteiger partial charge in [0, 0.05) is 15.4 Å². The minimum absolute atomic E-state index is 0. The van der Waals surface area contributed by atoms with Crippen molar-refractivity contribution in [3.05, 3.63) is 50.8 Å². The molecule has 0 aliphatic heterocycles. The molecule has 3 rings (SSSR count). The first-order chi connectivity index (χ1) is 9.54. The summed E-state index contributed by atoms with van der Waals surface area (Å²) < 4.78 is 1.42. The van der Waals surface area contributed by atoms with E-state index >= 15 is 0 Å². The van der Waals surface area contributed by atoms with E-state index in [4.69, 9.17) is 11.6 Å². The van der Waals surface area contributed by atoms with Gasteiger partial charge in [0.15, 0.2) is 0 Å². The minimum Gasteiger partial charge on any atom is -0.545 e. The number of aromatic carboxylic acids is 1. The standard InChI is InChI=1S/C14H7BrClNO2S.K/c15-7-1-2-10-8(5-7)9(14(18)19)6-11(17-10)12-3-4-13(16)20-12;/h1-6H,(H,18,19);/q;+1/p-1. The zero-order valence-electron chi connectivity index (χ0n) is 10.9. The van der Waals surface area contributed by atoms with Gasteiger partial charge in [-0.1, -0.05) is 27.5 Å². The summed E-state index contributed by atoms with van der Waals surface area (Å²) >= 11 is 10.6. The number of carbonyl (C=O) groups is 1. The fourth-order valence-electron chi connectivity index (χ4n) is 1.95.